The first kappa shape index (κ1) is 17.0. The maximum Gasteiger partial charge on any atom is 0.127 e. The van der Waals surface area contributed by atoms with E-state index in [4.69, 9.17) is 25.9 Å². The van der Waals surface area contributed by atoms with Crippen LogP contribution in [0.25, 0.3) is 24.2 Å². The fourth-order valence-corrected chi connectivity index (χ4v) is 3.97. The molecule has 0 heterocycles. The summed E-state index contributed by atoms with van der Waals surface area (Å²) < 4.78 is 142. The molecule has 0 aliphatic carbocycles. The fraction of sp³-hybridized carbons (Fsp3) is 0.436. The largest absolute Gasteiger partial charge is 0.493 e. The summed E-state index contributed by atoms with van der Waals surface area (Å²) in [6.45, 7) is 5.60. The number of rotatable bonds is 20. The van der Waals surface area contributed by atoms with Crippen molar-refractivity contribution in [1.29, 1.82) is 0 Å². The van der Waals surface area contributed by atoms with E-state index >= 15 is 0 Å². The van der Waals surface area contributed by atoms with E-state index in [1.165, 1.54) is 6.92 Å². The van der Waals surface area contributed by atoms with Crippen LogP contribution in [0.3, 0.4) is 0 Å². The summed E-state index contributed by atoms with van der Waals surface area (Å²) in [4.78, 5) is 0. The Kier molecular flexibility index (Phi) is 8.19. The van der Waals surface area contributed by atoms with Gasteiger partial charge in [-0.2, -0.15) is 0 Å². The highest BCUT2D eigenvalue weighted by molar-refractivity contribution is 5.79. The van der Waals surface area contributed by atoms with Crippen molar-refractivity contribution in [2.45, 2.75) is 97.8 Å². The minimum Gasteiger partial charge on any atom is -0.493 e. The number of hydrogen-bond acceptors (Lipinski definition) is 2. The number of unbranched alkanes of at least 4 members (excludes halogenated alkanes) is 10. The highest BCUT2D eigenvalue weighted by atomic mass is 16.5. The summed E-state index contributed by atoms with van der Waals surface area (Å²) in [6, 6.07) is -9.88. The molecular weight excluding hydrogens is 500 g/mol. The second-order valence-electron chi connectivity index (χ2n) is 9.89. The van der Waals surface area contributed by atoms with E-state index in [2.05, 4.69) is 13.8 Å². The van der Waals surface area contributed by atoms with Crippen LogP contribution >= 0.6 is 0 Å². The van der Waals surface area contributed by atoms with Gasteiger partial charge in [-0.1, -0.05) is 162 Å². The van der Waals surface area contributed by atoms with Crippen LogP contribution in [-0.4, -0.2) is 13.2 Å². The van der Waals surface area contributed by atoms with Crippen molar-refractivity contribution in [1.82, 2.24) is 0 Å². The molecule has 0 aliphatic heterocycles. The predicted molar refractivity (Wildman–Crippen MR) is 180 cm³/mol. The van der Waals surface area contributed by atoms with Gasteiger partial charge in [-0.15, -0.1) is 0 Å². The third kappa shape index (κ3) is 12.9. The molecule has 0 amide bonds. The standard InChI is InChI=1S/C39H52O2/c1-4-6-8-10-12-17-29-40-38-32-37(28-26-35-23-21-33(3)22-24-35)39(41-30-18-13-11-9-7-5-2)31-36(38)27-25-34-19-15-14-16-20-34/h14-16,19-28,31-32H,4-13,17-18,29-30H2,1-3H3/b27-25+,28-26+/i14D,15D,16D,19D,20D,21D,22D,23D,24D,25D,26D,27D,28D,31D,32D. The summed E-state index contributed by atoms with van der Waals surface area (Å²) in [7, 11) is 0. The minimum absolute atomic E-state index is 0.00197. The predicted octanol–water partition coefficient (Wildman–Crippen LogP) is 11.8. The Bertz CT molecular complexity index is 1760. The molecule has 41 heavy (non-hydrogen) atoms. The molecule has 0 saturated heterocycles. The van der Waals surface area contributed by atoms with Crippen LogP contribution in [-0.2, 0) is 0 Å². The van der Waals surface area contributed by atoms with Crippen LogP contribution in [0.5, 0.6) is 11.5 Å². The highest BCUT2D eigenvalue weighted by Gasteiger charge is 2.10. The molecule has 2 heteroatoms. The average Bonchev–Trinajstić information content (AvgIpc) is 3.17. The molecule has 0 atom stereocenters. The smallest absolute Gasteiger partial charge is 0.127 e. The van der Waals surface area contributed by atoms with Gasteiger partial charge in [0.25, 0.3) is 0 Å². The van der Waals surface area contributed by atoms with Crippen LogP contribution in [0.2, 0.25) is 0 Å². The highest BCUT2D eigenvalue weighted by Crippen LogP contribution is 2.33. The van der Waals surface area contributed by atoms with E-state index in [0.29, 0.717) is 12.8 Å². The number of benzene rings is 3. The van der Waals surface area contributed by atoms with Gasteiger partial charge in [-0.05, 0) is 43.0 Å². The Morgan fingerprint density at radius 1 is 0.561 bits per heavy atom. The Hall–Kier alpha value is -3.26. The van der Waals surface area contributed by atoms with Crippen LogP contribution in [0.15, 0.2) is 66.5 Å². The van der Waals surface area contributed by atoms with Crippen molar-refractivity contribution < 1.29 is 30.0 Å². The molecule has 0 fully saturated rings. The fourth-order valence-electron chi connectivity index (χ4n) is 3.97. The van der Waals surface area contributed by atoms with Crippen molar-refractivity contribution in [3.63, 3.8) is 0 Å². The topological polar surface area (TPSA) is 18.5 Å². The van der Waals surface area contributed by atoms with Crippen molar-refractivity contribution in [3.8, 4) is 11.5 Å². The summed E-state index contributed by atoms with van der Waals surface area (Å²) in [5, 5.41) is 0. The van der Waals surface area contributed by atoms with E-state index in [9.17, 15) is 4.11 Å². The maximum absolute atomic E-state index is 9.40. The molecule has 0 unspecified atom stereocenters. The number of hydrogen-bond donors (Lipinski definition) is 0. The second kappa shape index (κ2) is 19.8. The Morgan fingerprint density at radius 3 is 1.49 bits per heavy atom. The quantitative estimate of drug-likeness (QED) is 0.0998. The van der Waals surface area contributed by atoms with Gasteiger partial charge in [0.2, 0.25) is 0 Å². The molecule has 0 N–H and O–H groups in total. The molecule has 0 saturated carbocycles. The molecule has 0 spiro atoms. The van der Waals surface area contributed by atoms with Crippen LogP contribution in [0, 0.1) is 6.92 Å². The van der Waals surface area contributed by atoms with E-state index in [-0.39, 0.29) is 18.8 Å². The summed E-state index contributed by atoms with van der Waals surface area (Å²) in [5.74, 6) is -0.838. The first-order valence-corrected chi connectivity index (χ1v) is 14.9. The lowest BCUT2D eigenvalue weighted by Crippen LogP contribution is -2.03. The zero-order valence-corrected chi connectivity index (χ0v) is 24.7. The van der Waals surface area contributed by atoms with Gasteiger partial charge in [0.05, 0.1) is 33.8 Å². The normalized spacial score (nSPS) is 17.6. The van der Waals surface area contributed by atoms with Crippen LogP contribution in [0.1, 0.15) is 139 Å². The molecule has 2 nitrogen and oxygen atoms in total. The van der Waals surface area contributed by atoms with E-state index in [1.54, 1.807) is 0 Å². The first-order chi connectivity index (χ1) is 26.5. The molecule has 3 rings (SSSR count). The Morgan fingerprint density at radius 2 is 1.00 bits per heavy atom. The maximum atomic E-state index is 9.40. The van der Waals surface area contributed by atoms with Gasteiger partial charge in [-0.3, -0.25) is 0 Å². The average molecular weight is 568 g/mol. The van der Waals surface area contributed by atoms with Crippen molar-refractivity contribution in [2.24, 2.45) is 0 Å². The molecule has 0 bridgehead atoms. The van der Waals surface area contributed by atoms with Crippen molar-refractivity contribution >= 4 is 24.2 Å². The zero-order valence-electron chi connectivity index (χ0n) is 39.7. The van der Waals surface area contributed by atoms with E-state index in [0.717, 1.165) is 64.2 Å². The van der Waals surface area contributed by atoms with Gasteiger partial charge < -0.3 is 9.47 Å². The van der Waals surface area contributed by atoms with Crippen LogP contribution < -0.4 is 9.47 Å². The lowest BCUT2D eigenvalue weighted by atomic mass is 10.0. The molecule has 0 aliphatic rings. The van der Waals surface area contributed by atoms with E-state index < -0.39 is 124 Å². The van der Waals surface area contributed by atoms with Gasteiger partial charge >= 0.3 is 0 Å². The molecule has 3 aromatic carbocycles. The molecule has 3 aromatic rings. The third-order valence-corrected chi connectivity index (χ3v) is 6.29. The molecule has 220 valence electrons. The van der Waals surface area contributed by atoms with Crippen molar-refractivity contribution in [2.75, 3.05) is 13.2 Å². The summed E-state index contributed by atoms with van der Waals surface area (Å²) in [5.41, 5.74) is -1.90. The van der Waals surface area contributed by atoms with Crippen molar-refractivity contribution in [3.05, 3.63) is 94.3 Å². The lowest BCUT2D eigenvalue weighted by molar-refractivity contribution is 0.295. The lowest BCUT2D eigenvalue weighted by Gasteiger charge is -2.15. The summed E-state index contributed by atoms with van der Waals surface area (Å²) >= 11 is 0. The number of ether oxygens (including phenoxy) is 2. The summed E-state index contributed by atoms with van der Waals surface area (Å²) in [6.07, 6.45) is 10.6. The Balaban J connectivity index is 2.41. The third-order valence-electron chi connectivity index (χ3n) is 6.29. The SMILES string of the molecule is [2H]/C(=C(/[2H])c1c([2H])c(OCCCCCCCC)c(/C([2H])=C(\[2H])c2c([2H])c([2H])c(C)c([2H])c2[2H])c([2H])c1OCCCCCCCC)c1c([2H])c([2H])c([2H])c([2H])c1[2H]. The monoisotopic (exact) mass is 567 g/mol. The molecule has 0 radical (unpaired) electrons. The Labute approximate surface area is 271 Å². The zero-order chi connectivity index (χ0) is 42.0. The molecular formula is C39H52O2. The van der Waals surface area contributed by atoms with Gasteiger partial charge in [0.1, 0.15) is 11.5 Å². The minimum atomic E-state index is -0.833. The van der Waals surface area contributed by atoms with Gasteiger partial charge in [-0.25, -0.2) is 0 Å². The van der Waals surface area contributed by atoms with Crippen LogP contribution in [0.4, 0.5) is 0 Å². The molecule has 0 aromatic heterocycles. The first-order valence-electron chi connectivity index (χ1n) is 22.4. The van der Waals surface area contributed by atoms with E-state index in [1.807, 2.05) is 0 Å². The second-order valence-corrected chi connectivity index (χ2v) is 9.89. The van der Waals surface area contributed by atoms with Gasteiger partial charge in [0, 0.05) is 11.1 Å². The van der Waals surface area contributed by atoms with Gasteiger partial charge in [0.15, 0.2) is 0 Å².